The maximum atomic E-state index is 12.7. The zero-order chi connectivity index (χ0) is 18.7. The Kier molecular flexibility index (Phi) is 4.88. The molecule has 0 radical (unpaired) electrons. The molecule has 1 N–H and O–H groups in total. The predicted molar refractivity (Wildman–Crippen MR) is 85.0 cm³/mol. The summed E-state index contributed by atoms with van der Waals surface area (Å²) in [4.78, 5) is 23.6. The maximum Gasteiger partial charge on any atom is 0.417 e. The topological polar surface area (TPSA) is 69.6 Å². The number of carbonyl (C=O) groups is 1. The normalized spacial score (nSPS) is 13.3. The van der Waals surface area contributed by atoms with Crippen LogP contribution in [0.15, 0.2) is 41.3 Å². The number of pyridine rings is 1. The summed E-state index contributed by atoms with van der Waals surface area (Å²) in [6, 6.07) is 6.64. The third-order valence-corrected chi connectivity index (χ3v) is 3.72. The zero-order valence-electron chi connectivity index (χ0n) is 13.5. The van der Waals surface area contributed by atoms with E-state index < -0.39 is 29.8 Å². The Balaban J connectivity index is 1.64. The van der Waals surface area contributed by atoms with Gasteiger partial charge in [0.05, 0.1) is 5.56 Å². The van der Waals surface area contributed by atoms with Gasteiger partial charge >= 0.3 is 6.18 Å². The molecule has 0 saturated heterocycles. The van der Waals surface area contributed by atoms with Crippen molar-refractivity contribution >= 4 is 5.91 Å². The predicted octanol–water partition coefficient (Wildman–Crippen LogP) is 1.95. The first-order valence-electron chi connectivity index (χ1n) is 7.76. The first-order chi connectivity index (χ1) is 12.3. The Hall–Kier alpha value is -2.97. The van der Waals surface area contributed by atoms with Gasteiger partial charge in [-0.25, -0.2) is 0 Å². The number of halogens is 3. The molecule has 1 aromatic carbocycles. The van der Waals surface area contributed by atoms with Crippen LogP contribution in [-0.4, -0.2) is 23.7 Å². The highest BCUT2D eigenvalue weighted by atomic mass is 19.4. The van der Waals surface area contributed by atoms with Crippen molar-refractivity contribution in [1.82, 2.24) is 9.88 Å². The van der Waals surface area contributed by atoms with Crippen LogP contribution in [0.1, 0.15) is 11.1 Å². The molecule has 0 bridgehead atoms. The van der Waals surface area contributed by atoms with E-state index in [2.05, 4.69) is 5.32 Å². The molecule has 138 valence electrons. The Morgan fingerprint density at radius 2 is 1.85 bits per heavy atom. The highest BCUT2D eigenvalue weighted by Crippen LogP contribution is 2.30. The van der Waals surface area contributed by atoms with Crippen LogP contribution in [0.2, 0.25) is 0 Å². The SMILES string of the molecule is O=C(Cn1cc(C(F)(F)F)ccc1=O)NCc1ccc2c(c1)OCCO2. The fraction of sp³-hybridized carbons (Fsp3) is 0.294. The summed E-state index contributed by atoms with van der Waals surface area (Å²) in [6.07, 6.45) is -3.96. The van der Waals surface area contributed by atoms with Gasteiger partial charge in [-0.1, -0.05) is 6.07 Å². The Labute approximate surface area is 146 Å². The van der Waals surface area contributed by atoms with E-state index >= 15 is 0 Å². The number of nitrogens with zero attached hydrogens (tertiary/aromatic N) is 1. The van der Waals surface area contributed by atoms with Crippen LogP contribution in [0, 0.1) is 0 Å². The number of ether oxygens (including phenoxy) is 2. The molecule has 0 aliphatic carbocycles. The quantitative estimate of drug-likeness (QED) is 0.896. The monoisotopic (exact) mass is 368 g/mol. The number of alkyl halides is 3. The fourth-order valence-corrected chi connectivity index (χ4v) is 2.43. The fourth-order valence-electron chi connectivity index (χ4n) is 2.43. The highest BCUT2D eigenvalue weighted by molar-refractivity contribution is 5.75. The van der Waals surface area contributed by atoms with Gasteiger partial charge < -0.3 is 19.4 Å². The van der Waals surface area contributed by atoms with Gasteiger partial charge in [-0.05, 0) is 23.8 Å². The van der Waals surface area contributed by atoms with Crippen LogP contribution in [0.5, 0.6) is 11.5 Å². The van der Waals surface area contributed by atoms with E-state index in [4.69, 9.17) is 9.47 Å². The van der Waals surface area contributed by atoms with Crippen LogP contribution in [-0.2, 0) is 24.1 Å². The Bertz CT molecular complexity index is 877. The van der Waals surface area contributed by atoms with Crippen molar-refractivity contribution in [3.63, 3.8) is 0 Å². The molecule has 0 unspecified atom stereocenters. The van der Waals surface area contributed by atoms with Crippen LogP contribution in [0.25, 0.3) is 0 Å². The van der Waals surface area contributed by atoms with Crippen molar-refractivity contribution in [2.45, 2.75) is 19.3 Å². The molecule has 1 aliphatic rings. The summed E-state index contributed by atoms with van der Waals surface area (Å²) in [5.41, 5.74) is -0.941. The van der Waals surface area contributed by atoms with Crippen LogP contribution < -0.4 is 20.3 Å². The Morgan fingerprint density at radius 3 is 2.58 bits per heavy atom. The van der Waals surface area contributed by atoms with Gasteiger partial charge in [-0.2, -0.15) is 13.2 Å². The lowest BCUT2D eigenvalue weighted by molar-refractivity contribution is -0.138. The standard InChI is InChI=1S/C17H15F3N2O4/c18-17(19,20)12-2-4-16(24)22(9-12)10-15(23)21-8-11-1-3-13-14(7-11)26-6-5-25-13/h1-4,7,9H,5-6,8,10H2,(H,21,23). The minimum absolute atomic E-state index is 0.142. The minimum Gasteiger partial charge on any atom is -0.486 e. The van der Waals surface area contributed by atoms with E-state index in [1.165, 1.54) is 0 Å². The van der Waals surface area contributed by atoms with E-state index in [0.29, 0.717) is 37.0 Å². The molecule has 3 rings (SSSR count). The number of fused-ring (bicyclic) bond motifs is 1. The first kappa shape index (κ1) is 17.8. The van der Waals surface area contributed by atoms with Crippen molar-refractivity contribution in [2.75, 3.05) is 13.2 Å². The van der Waals surface area contributed by atoms with Crippen LogP contribution in [0.3, 0.4) is 0 Å². The van der Waals surface area contributed by atoms with Crippen LogP contribution in [0.4, 0.5) is 13.2 Å². The van der Waals surface area contributed by atoms with E-state index in [-0.39, 0.29) is 6.54 Å². The summed E-state index contributed by atoms with van der Waals surface area (Å²) in [6.45, 7) is 0.534. The largest absolute Gasteiger partial charge is 0.486 e. The molecule has 1 amide bonds. The van der Waals surface area contributed by atoms with Gasteiger partial charge in [0.15, 0.2) is 11.5 Å². The molecule has 2 aromatic rings. The molecule has 0 fully saturated rings. The van der Waals surface area contributed by atoms with Gasteiger partial charge in [0.1, 0.15) is 19.8 Å². The first-order valence-corrected chi connectivity index (χ1v) is 7.76. The number of amides is 1. The summed E-state index contributed by atoms with van der Waals surface area (Å²) < 4.78 is 49.7. The van der Waals surface area contributed by atoms with E-state index in [0.717, 1.165) is 16.2 Å². The second-order valence-electron chi connectivity index (χ2n) is 5.64. The van der Waals surface area contributed by atoms with Crippen molar-refractivity contribution in [2.24, 2.45) is 0 Å². The third-order valence-electron chi connectivity index (χ3n) is 3.72. The molecule has 0 spiro atoms. The van der Waals surface area contributed by atoms with Crippen LogP contribution >= 0.6 is 0 Å². The molecule has 1 aromatic heterocycles. The lowest BCUT2D eigenvalue weighted by Gasteiger charge is -2.19. The Morgan fingerprint density at radius 1 is 1.12 bits per heavy atom. The van der Waals surface area contributed by atoms with E-state index in [1.54, 1.807) is 18.2 Å². The van der Waals surface area contributed by atoms with Crippen molar-refractivity contribution in [3.05, 3.63) is 58.0 Å². The average Bonchev–Trinajstić information content (AvgIpc) is 2.60. The summed E-state index contributed by atoms with van der Waals surface area (Å²) in [5, 5.41) is 2.56. The molecule has 6 nitrogen and oxygen atoms in total. The van der Waals surface area contributed by atoms with E-state index in [1.807, 2.05) is 0 Å². The second-order valence-corrected chi connectivity index (χ2v) is 5.64. The smallest absolute Gasteiger partial charge is 0.417 e. The number of aromatic nitrogens is 1. The number of hydrogen-bond donors (Lipinski definition) is 1. The van der Waals surface area contributed by atoms with Gasteiger partial charge in [-0.3, -0.25) is 9.59 Å². The zero-order valence-corrected chi connectivity index (χ0v) is 13.5. The molecule has 0 saturated carbocycles. The average molecular weight is 368 g/mol. The molecule has 2 heterocycles. The maximum absolute atomic E-state index is 12.7. The molecule has 26 heavy (non-hydrogen) atoms. The van der Waals surface area contributed by atoms with Gasteiger partial charge in [0.25, 0.3) is 5.56 Å². The number of hydrogen-bond acceptors (Lipinski definition) is 4. The molecule has 1 aliphatic heterocycles. The summed E-state index contributed by atoms with van der Waals surface area (Å²) in [7, 11) is 0. The van der Waals surface area contributed by atoms with Gasteiger partial charge in [-0.15, -0.1) is 0 Å². The molecule has 0 atom stereocenters. The second kappa shape index (κ2) is 7.11. The summed E-state index contributed by atoms with van der Waals surface area (Å²) >= 11 is 0. The third kappa shape index (κ3) is 4.16. The van der Waals surface area contributed by atoms with Crippen molar-refractivity contribution < 1.29 is 27.4 Å². The van der Waals surface area contributed by atoms with Gasteiger partial charge in [0, 0.05) is 18.8 Å². The van der Waals surface area contributed by atoms with E-state index in [9.17, 15) is 22.8 Å². The number of carbonyl (C=O) groups excluding carboxylic acids is 1. The van der Waals surface area contributed by atoms with Crippen molar-refractivity contribution in [1.29, 1.82) is 0 Å². The highest BCUT2D eigenvalue weighted by Gasteiger charge is 2.31. The minimum atomic E-state index is -4.59. The molecular weight excluding hydrogens is 353 g/mol. The van der Waals surface area contributed by atoms with Gasteiger partial charge in [0.2, 0.25) is 5.91 Å². The number of nitrogens with one attached hydrogen (secondary N) is 1. The molecule has 9 heteroatoms. The lowest BCUT2D eigenvalue weighted by atomic mass is 10.2. The van der Waals surface area contributed by atoms with Crippen molar-refractivity contribution in [3.8, 4) is 11.5 Å². The lowest BCUT2D eigenvalue weighted by Crippen LogP contribution is -2.32. The number of benzene rings is 1. The number of rotatable bonds is 4. The molecular formula is C17H15F3N2O4. The summed E-state index contributed by atoms with van der Waals surface area (Å²) in [5.74, 6) is 0.597.